The Morgan fingerprint density at radius 2 is 1.90 bits per heavy atom. The van der Waals surface area contributed by atoms with Crippen molar-refractivity contribution >= 4 is 27.3 Å². The average Bonchev–Trinajstić information content (AvgIpc) is 3.22. The fourth-order valence-electron chi connectivity index (χ4n) is 3.48. The van der Waals surface area contributed by atoms with Gasteiger partial charge in [0.15, 0.2) is 5.69 Å². The highest BCUT2D eigenvalue weighted by molar-refractivity contribution is 7.89. The molecule has 1 fully saturated rings. The molecule has 158 valence electrons. The van der Waals surface area contributed by atoms with E-state index in [9.17, 15) is 13.2 Å². The maximum absolute atomic E-state index is 13.4. The number of hydrogen-bond donors (Lipinski definition) is 0. The smallest absolute Gasteiger partial charge is 0.357 e. The molecule has 0 radical (unpaired) electrons. The lowest BCUT2D eigenvalue weighted by Gasteiger charge is -2.33. The Morgan fingerprint density at radius 3 is 2.52 bits per heavy atom. The predicted octanol–water partition coefficient (Wildman–Crippen LogP) is 3.85. The Balaban J connectivity index is 1.89. The molecule has 1 aromatic heterocycles. The highest BCUT2D eigenvalue weighted by Crippen LogP contribution is 2.30. The van der Waals surface area contributed by atoms with Gasteiger partial charge in [-0.3, -0.25) is 0 Å². The number of esters is 1. The number of carbonyl (C=O) groups excluding carboxylic acids is 1. The highest BCUT2D eigenvalue weighted by Gasteiger charge is 2.33. The fraction of sp³-hybridized carbons (Fsp3) is 0.500. The van der Waals surface area contributed by atoms with Gasteiger partial charge in [-0.05, 0) is 44.0 Å². The zero-order valence-corrected chi connectivity index (χ0v) is 18.3. The van der Waals surface area contributed by atoms with Crippen LogP contribution in [0.2, 0.25) is 0 Å². The quantitative estimate of drug-likeness (QED) is 0.582. The molecule has 0 N–H and O–H groups in total. The molecule has 0 aliphatic heterocycles. The number of benzene rings is 1. The second kappa shape index (κ2) is 9.69. The highest BCUT2D eigenvalue weighted by atomic mass is 32.2. The minimum atomic E-state index is -3.72. The standard InChI is InChI=1S/C20H26N2O5S2/c1-3-27-20(23)18-14-28-19(21-18)13-22(15-7-5-4-6-8-15)29(24,25)17-11-9-16(26-2)10-12-17/h9-12,14-15H,3-8,13H2,1-2H3. The molecular formula is C20H26N2O5S2. The summed E-state index contributed by atoms with van der Waals surface area (Å²) in [5.74, 6) is 0.115. The summed E-state index contributed by atoms with van der Waals surface area (Å²) in [6.07, 6.45) is 4.78. The van der Waals surface area contributed by atoms with Gasteiger partial charge in [0, 0.05) is 11.4 Å². The van der Waals surface area contributed by atoms with Crippen LogP contribution in [0.15, 0.2) is 34.5 Å². The molecule has 0 saturated heterocycles. The summed E-state index contributed by atoms with van der Waals surface area (Å²) in [5.41, 5.74) is 0.220. The molecule has 1 aliphatic carbocycles. The molecule has 2 aromatic rings. The van der Waals surface area contributed by atoms with E-state index in [1.54, 1.807) is 48.0 Å². The van der Waals surface area contributed by atoms with Crippen LogP contribution < -0.4 is 4.74 Å². The van der Waals surface area contributed by atoms with Gasteiger partial charge in [0.1, 0.15) is 10.8 Å². The van der Waals surface area contributed by atoms with Crippen molar-refractivity contribution in [1.29, 1.82) is 0 Å². The monoisotopic (exact) mass is 438 g/mol. The summed E-state index contributed by atoms with van der Waals surface area (Å²) in [5, 5.41) is 2.20. The van der Waals surface area contributed by atoms with Crippen molar-refractivity contribution in [3.63, 3.8) is 0 Å². The molecule has 7 nitrogen and oxygen atoms in total. The second-order valence-electron chi connectivity index (χ2n) is 6.86. The summed E-state index contributed by atoms with van der Waals surface area (Å²) in [7, 11) is -2.17. The molecule has 0 bridgehead atoms. The largest absolute Gasteiger partial charge is 0.497 e. The minimum Gasteiger partial charge on any atom is -0.497 e. The Hall–Kier alpha value is -1.97. The molecule has 29 heavy (non-hydrogen) atoms. The molecule has 0 amide bonds. The van der Waals surface area contributed by atoms with Crippen LogP contribution in [0.4, 0.5) is 0 Å². The molecule has 1 aromatic carbocycles. The third-order valence-corrected chi connectivity index (χ3v) is 7.72. The predicted molar refractivity (Wildman–Crippen MR) is 111 cm³/mol. The van der Waals surface area contributed by atoms with E-state index < -0.39 is 16.0 Å². The lowest BCUT2D eigenvalue weighted by Crippen LogP contribution is -2.40. The number of aromatic nitrogens is 1. The Bertz CT molecular complexity index is 919. The lowest BCUT2D eigenvalue weighted by molar-refractivity contribution is 0.0520. The van der Waals surface area contributed by atoms with Crippen LogP contribution in [-0.4, -0.2) is 43.4 Å². The number of hydrogen-bond acceptors (Lipinski definition) is 7. The average molecular weight is 439 g/mol. The van der Waals surface area contributed by atoms with Gasteiger partial charge in [-0.25, -0.2) is 18.2 Å². The van der Waals surface area contributed by atoms with Crippen molar-refractivity contribution < 1.29 is 22.7 Å². The molecule has 3 rings (SSSR count). The molecule has 0 unspecified atom stereocenters. The number of carbonyl (C=O) groups is 1. The van der Waals surface area contributed by atoms with Crippen LogP contribution in [-0.2, 0) is 21.3 Å². The van der Waals surface area contributed by atoms with Gasteiger partial charge in [-0.15, -0.1) is 11.3 Å². The Labute approximate surface area is 175 Å². The van der Waals surface area contributed by atoms with E-state index in [1.807, 2.05) is 0 Å². The Kier molecular flexibility index (Phi) is 7.26. The summed E-state index contributed by atoms with van der Waals surface area (Å²) in [6.45, 7) is 2.15. The van der Waals surface area contributed by atoms with Crippen molar-refractivity contribution in [1.82, 2.24) is 9.29 Å². The third-order valence-electron chi connectivity index (χ3n) is 4.98. The SMILES string of the molecule is CCOC(=O)c1csc(CN(C2CCCCC2)S(=O)(=O)c2ccc(OC)cc2)n1. The molecule has 1 saturated carbocycles. The number of sulfonamides is 1. The fourth-order valence-corrected chi connectivity index (χ4v) is 5.97. The van der Waals surface area contributed by atoms with Crippen molar-refractivity contribution in [3.8, 4) is 5.75 Å². The normalized spacial score (nSPS) is 15.4. The van der Waals surface area contributed by atoms with Crippen LogP contribution >= 0.6 is 11.3 Å². The van der Waals surface area contributed by atoms with E-state index in [2.05, 4.69) is 4.98 Å². The summed E-state index contributed by atoms with van der Waals surface area (Å²) in [4.78, 5) is 16.4. The van der Waals surface area contributed by atoms with Gasteiger partial charge in [0.2, 0.25) is 10.0 Å². The van der Waals surface area contributed by atoms with Crippen LogP contribution in [0.3, 0.4) is 0 Å². The van der Waals surface area contributed by atoms with E-state index in [0.29, 0.717) is 10.8 Å². The summed E-state index contributed by atoms with van der Waals surface area (Å²) in [6, 6.07) is 6.35. The van der Waals surface area contributed by atoms with Crippen molar-refractivity contribution in [2.45, 2.75) is 56.5 Å². The first-order valence-corrected chi connectivity index (χ1v) is 12.0. The van der Waals surface area contributed by atoms with Crippen LogP contribution in [0.1, 0.15) is 54.5 Å². The van der Waals surface area contributed by atoms with Crippen LogP contribution in [0.25, 0.3) is 0 Å². The van der Waals surface area contributed by atoms with Crippen molar-refractivity contribution in [2.24, 2.45) is 0 Å². The van der Waals surface area contributed by atoms with E-state index in [4.69, 9.17) is 9.47 Å². The van der Waals surface area contributed by atoms with E-state index >= 15 is 0 Å². The van der Waals surface area contributed by atoms with Gasteiger partial charge in [-0.1, -0.05) is 19.3 Å². The van der Waals surface area contributed by atoms with Crippen LogP contribution in [0, 0.1) is 0 Å². The molecule has 9 heteroatoms. The second-order valence-corrected chi connectivity index (χ2v) is 9.70. The zero-order valence-electron chi connectivity index (χ0n) is 16.7. The maximum atomic E-state index is 13.4. The molecule has 1 heterocycles. The first kappa shape index (κ1) is 21.7. The van der Waals surface area contributed by atoms with Gasteiger partial charge in [0.05, 0.1) is 25.2 Å². The number of thiazole rings is 1. The van der Waals surface area contributed by atoms with E-state index in [-0.39, 0.29) is 29.8 Å². The number of rotatable bonds is 8. The van der Waals surface area contributed by atoms with Gasteiger partial charge < -0.3 is 9.47 Å². The van der Waals surface area contributed by atoms with Crippen molar-refractivity contribution in [3.05, 3.63) is 40.3 Å². The zero-order chi connectivity index (χ0) is 20.9. The molecule has 0 atom stereocenters. The van der Waals surface area contributed by atoms with Gasteiger partial charge in [-0.2, -0.15) is 4.31 Å². The number of ether oxygens (including phenoxy) is 2. The molecule has 0 spiro atoms. The lowest BCUT2D eigenvalue weighted by atomic mass is 9.95. The first-order valence-electron chi connectivity index (χ1n) is 9.73. The number of nitrogens with zero attached hydrogens (tertiary/aromatic N) is 2. The first-order chi connectivity index (χ1) is 14.0. The topological polar surface area (TPSA) is 85.8 Å². The van der Waals surface area contributed by atoms with E-state index in [0.717, 1.165) is 32.1 Å². The minimum absolute atomic E-state index is 0.0780. The van der Waals surface area contributed by atoms with Crippen molar-refractivity contribution in [2.75, 3.05) is 13.7 Å². The molecule has 1 aliphatic rings. The van der Waals surface area contributed by atoms with E-state index in [1.165, 1.54) is 11.3 Å². The maximum Gasteiger partial charge on any atom is 0.357 e. The third kappa shape index (κ3) is 5.15. The van der Waals surface area contributed by atoms with Gasteiger partial charge >= 0.3 is 5.97 Å². The van der Waals surface area contributed by atoms with Crippen LogP contribution in [0.5, 0.6) is 5.75 Å². The van der Waals surface area contributed by atoms with Gasteiger partial charge in [0.25, 0.3) is 0 Å². The summed E-state index contributed by atoms with van der Waals surface area (Å²) >= 11 is 1.28. The summed E-state index contributed by atoms with van der Waals surface area (Å²) < 4.78 is 38.6. The number of methoxy groups -OCH3 is 1. The Morgan fingerprint density at radius 1 is 1.21 bits per heavy atom. The molecular weight excluding hydrogens is 412 g/mol.